The maximum atomic E-state index is 12.4. The third kappa shape index (κ3) is 3.05. The highest BCUT2D eigenvalue weighted by molar-refractivity contribution is 7.89. The molecule has 0 radical (unpaired) electrons. The van der Waals surface area contributed by atoms with Crippen molar-refractivity contribution in [1.82, 2.24) is 14.7 Å². The Labute approximate surface area is 131 Å². The van der Waals surface area contributed by atoms with Crippen LogP contribution in [0.3, 0.4) is 0 Å². The van der Waals surface area contributed by atoms with Crippen LogP contribution in [0.4, 0.5) is 5.69 Å². The number of aromatic amines is 1. The highest BCUT2D eigenvalue weighted by Gasteiger charge is 2.20. The van der Waals surface area contributed by atoms with Crippen molar-refractivity contribution in [2.45, 2.75) is 11.4 Å². The number of nitro benzene ring substituents is 1. The topological polar surface area (TPSA) is 118 Å². The number of nitrogens with one attached hydrogen (secondary N) is 2. The van der Waals surface area contributed by atoms with Gasteiger partial charge in [-0.15, -0.1) is 0 Å². The normalized spacial score (nSPS) is 11.7. The number of sulfonamides is 1. The molecule has 8 nitrogen and oxygen atoms in total. The third-order valence-electron chi connectivity index (χ3n) is 3.34. The second-order valence-corrected chi connectivity index (χ2v) is 6.56. The molecule has 1 aromatic carbocycles. The number of non-ortho nitro benzene ring substituents is 1. The summed E-state index contributed by atoms with van der Waals surface area (Å²) in [5, 5.41) is 11.2. The van der Waals surface area contributed by atoms with E-state index in [1.54, 1.807) is 24.5 Å². The molecule has 0 saturated heterocycles. The molecular formula is C14H12N4O4S. The predicted octanol–water partition coefficient (Wildman–Crippen LogP) is 1.95. The quantitative estimate of drug-likeness (QED) is 0.547. The minimum atomic E-state index is -3.75. The molecule has 2 heterocycles. The Hall–Kier alpha value is -2.78. The summed E-state index contributed by atoms with van der Waals surface area (Å²) in [6, 6.07) is 7.42. The first kappa shape index (κ1) is 15.1. The Morgan fingerprint density at radius 3 is 2.65 bits per heavy atom. The van der Waals surface area contributed by atoms with Gasteiger partial charge >= 0.3 is 0 Å². The lowest BCUT2D eigenvalue weighted by molar-refractivity contribution is -0.384. The molecule has 2 N–H and O–H groups in total. The van der Waals surface area contributed by atoms with Crippen molar-refractivity contribution in [3.8, 4) is 0 Å². The first-order valence-electron chi connectivity index (χ1n) is 6.61. The van der Waals surface area contributed by atoms with Crippen LogP contribution in [0, 0.1) is 10.1 Å². The minimum Gasteiger partial charge on any atom is -0.360 e. The molecule has 9 heteroatoms. The van der Waals surface area contributed by atoms with Crippen LogP contribution < -0.4 is 4.72 Å². The van der Waals surface area contributed by atoms with Gasteiger partial charge in [0.15, 0.2) is 0 Å². The van der Waals surface area contributed by atoms with E-state index in [1.165, 1.54) is 24.4 Å². The number of hydrogen-bond donors (Lipinski definition) is 2. The van der Waals surface area contributed by atoms with Crippen LogP contribution in [0.2, 0.25) is 0 Å². The highest BCUT2D eigenvalue weighted by atomic mass is 32.2. The molecule has 0 saturated carbocycles. The van der Waals surface area contributed by atoms with Crippen molar-refractivity contribution in [3.63, 3.8) is 0 Å². The average molecular weight is 332 g/mol. The number of hydrogen-bond acceptors (Lipinski definition) is 5. The van der Waals surface area contributed by atoms with Crippen LogP contribution in [-0.4, -0.2) is 23.3 Å². The Morgan fingerprint density at radius 2 is 1.96 bits per heavy atom. The monoisotopic (exact) mass is 332 g/mol. The maximum absolute atomic E-state index is 12.4. The van der Waals surface area contributed by atoms with E-state index >= 15 is 0 Å². The van der Waals surface area contributed by atoms with Crippen molar-refractivity contribution in [1.29, 1.82) is 0 Å². The molecule has 3 aromatic rings. The fourth-order valence-electron chi connectivity index (χ4n) is 2.18. The van der Waals surface area contributed by atoms with Gasteiger partial charge in [0, 0.05) is 42.7 Å². The lowest BCUT2D eigenvalue weighted by Crippen LogP contribution is -2.23. The minimum absolute atomic E-state index is 0.0523. The van der Waals surface area contributed by atoms with Crippen LogP contribution in [-0.2, 0) is 16.6 Å². The van der Waals surface area contributed by atoms with Gasteiger partial charge in [0.2, 0.25) is 10.0 Å². The summed E-state index contributed by atoms with van der Waals surface area (Å²) >= 11 is 0. The van der Waals surface area contributed by atoms with E-state index in [4.69, 9.17) is 0 Å². The van der Waals surface area contributed by atoms with Crippen LogP contribution in [0.5, 0.6) is 0 Å². The summed E-state index contributed by atoms with van der Waals surface area (Å²) in [6.45, 7) is 0.129. The molecule has 0 fully saturated rings. The van der Waals surface area contributed by atoms with Gasteiger partial charge < -0.3 is 4.98 Å². The van der Waals surface area contributed by atoms with Gasteiger partial charge in [0.25, 0.3) is 5.69 Å². The Bertz CT molecular complexity index is 967. The summed E-state index contributed by atoms with van der Waals surface area (Å²) in [5.41, 5.74) is 1.07. The van der Waals surface area contributed by atoms with Gasteiger partial charge in [0.05, 0.1) is 10.4 Å². The second-order valence-electron chi connectivity index (χ2n) is 4.82. The number of benzene rings is 1. The van der Waals surface area contributed by atoms with Gasteiger partial charge in [-0.05, 0) is 23.8 Å². The molecular weight excluding hydrogens is 320 g/mol. The van der Waals surface area contributed by atoms with Gasteiger partial charge in [-0.2, -0.15) is 0 Å². The standard InChI is InChI=1S/C14H12N4O4S/c19-18(20)11-1-2-12-13(7-11)16-9-14(12)23(21,22)17-8-10-3-5-15-6-4-10/h1-7,9,16-17H,8H2. The smallest absolute Gasteiger partial charge is 0.271 e. The van der Waals surface area contributed by atoms with E-state index in [2.05, 4.69) is 14.7 Å². The zero-order valence-electron chi connectivity index (χ0n) is 11.8. The molecule has 0 spiro atoms. The van der Waals surface area contributed by atoms with Gasteiger partial charge in [0.1, 0.15) is 4.90 Å². The SMILES string of the molecule is O=[N+]([O-])c1ccc2c(S(=O)(=O)NCc3ccncc3)c[nH]c2c1. The van der Waals surface area contributed by atoms with E-state index in [-0.39, 0.29) is 17.1 Å². The summed E-state index contributed by atoms with van der Waals surface area (Å²) < 4.78 is 27.3. The number of nitro groups is 1. The third-order valence-corrected chi connectivity index (χ3v) is 4.78. The molecule has 0 aliphatic carbocycles. The largest absolute Gasteiger partial charge is 0.360 e. The summed E-state index contributed by atoms with van der Waals surface area (Å²) in [6.07, 6.45) is 4.48. The first-order chi connectivity index (χ1) is 11.0. The number of nitrogens with zero attached hydrogens (tertiary/aromatic N) is 2. The van der Waals surface area contributed by atoms with Crippen LogP contribution in [0.1, 0.15) is 5.56 Å². The number of H-pyrrole nitrogens is 1. The Balaban J connectivity index is 1.91. The van der Waals surface area contributed by atoms with E-state index < -0.39 is 14.9 Å². The molecule has 0 aliphatic heterocycles. The number of pyridine rings is 1. The molecule has 0 amide bonds. The lowest BCUT2D eigenvalue weighted by atomic mass is 10.2. The van der Waals surface area contributed by atoms with Crippen molar-refractivity contribution in [2.75, 3.05) is 0 Å². The fourth-order valence-corrected chi connectivity index (χ4v) is 3.37. The van der Waals surface area contributed by atoms with Gasteiger partial charge in [-0.1, -0.05) is 0 Å². The summed E-state index contributed by atoms with van der Waals surface area (Å²) in [5.74, 6) is 0. The average Bonchev–Trinajstić information content (AvgIpc) is 2.98. The summed E-state index contributed by atoms with van der Waals surface area (Å²) in [4.78, 5) is 16.9. The van der Waals surface area contributed by atoms with Crippen LogP contribution in [0.25, 0.3) is 10.9 Å². The fraction of sp³-hybridized carbons (Fsp3) is 0.0714. The molecule has 0 unspecified atom stereocenters. The van der Waals surface area contributed by atoms with Crippen molar-refractivity contribution in [3.05, 3.63) is 64.6 Å². The van der Waals surface area contributed by atoms with Crippen molar-refractivity contribution >= 4 is 26.6 Å². The molecule has 2 aromatic heterocycles. The molecule has 3 rings (SSSR count). The van der Waals surface area contributed by atoms with Crippen molar-refractivity contribution < 1.29 is 13.3 Å². The Morgan fingerprint density at radius 1 is 1.22 bits per heavy atom. The molecule has 0 atom stereocenters. The van der Waals surface area contributed by atoms with E-state index in [9.17, 15) is 18.5 Å². The van der Waals surface area contributed by atoms with Crippen molar-refractivity contribution in [2.24, 2.45) is 0 Å². The highest BCUT2D eigenvalue weighted by Crippen LogP contribution is 2.26. The zero-order chi connectivity index (χ0) is 16.4. The number of aromatic nitrogens is 2. The van der Waals surface area contributed by atoms with Crippen LogP contribution in [0.15, 0.2) is 53.8 Å². The van der Waals surface area contributed by atoms with E-state index in [0.29, 0.717) is 10.9 Å². The molecule has 23 heavy (non-hydrogen) atoms. The number of rotatable bonds is 5. The first-order valence-corrected chi connectivity index (χ1v) is 8.10. The van der Waals surface area contributed by atoms with Gasteiger partial charge in [-0.3, -0.25) is 15.1 Å². The van der Waals surface area contributed by atoms with Crippen LogP contribution >= 0.6 is 0 Å². The van der Waals surface area contributed by atoms with Gasteiger partial charge in [-0.25, -0.2) is 13.1 Å². The maximum Gasteiger partial charge on any atom is 0.271 e. The second kappa shape index (κ2) is 5.78. The molecule has 118 valence electrons. The summed E-state index contributed by atoms with van der Waals surface area (Å²) in [7, 11) is -3.75. The zero-order valence-corrected chi connectivity index (χ0v) is 12.6. The molecule has 0 bridgehead atoms. The predicted molar refractivity (Wildman–Crippen MR) is 83.2 cm³/mol. The molecule has 0 aliphatic rings. The lowest BCUT2D eigenvalue weighted by Gasteiger charge is -2.05. The van der Waals surface area contributed by atoms with E-state index in [0.717, 1.165) is 5.56 Å². The number of fused-ring (bicyclic) bond motifs is 1. The Kier molecular flexibility index (Phi) is 3.80. The van der Waals surface area contributed by atoms with E-state index in [1.807, 2.05) is 0 Å².